The maximum Gasteiger partial charge on any atom is 0.135 e. The van der Waals surface area contributed by atoms with Crippen LogP contribution in [0.2, 0.25) is 0 Å². The number of aliphatic hydroxyl groups is 1. The largest absolute Gasteiger partial charge is 0.491 e. The first-order valence-corrected chi connectivity index (χ1v) is 6.82. The van der Waals surface area contributed by atoms with Gasteiger partial charge in [-0.1, -0.05) is 11.6 Å². The van der Waals surface area contributed by atoms with Gasteiger partial charge in [-0.05, 0) is 19.1 Å². The molecular formula is C15H19NO3. The van der Waals surface area contributed by atoms with Crippen molar-refractivity contribution in [3.05, 3.63) is 29.3 Å². The molecule has 19 heavy (non-hydrogen) atoms. The zero-order valence-electron chi connectivity index (χ0n) is 11.1. The number of aliphatic hydroxyl groups excluding tert-OH is 1. The topological polar surface area (TPSA) is 49.8 Å². The molecule has 2 unspecified atom stereocenters. The van der Waals surface area contributed by atoms with Crippen molar-refractivity contribution in [3.8, 4) is 5.75 Å². The highest BCUT2D eigenvalue weighted by Gasteiger charge is 2.35. The second-order valence-corrected chi connectivity index (χ2v) is 5.44. The number of hydrogen-bond donors (Lipinski definition) is 1. The van der Waals surface area contributed by atoms with Gasteiger partial charge in [0.1, 0.15) is 24.2 Å². The van der Waals surface area contributed by atoms with Gasteiger partial charge in [0.2, 0.25) is 0 Å². The average Bonchev–Trinajstić information content (AvgIpc) is 2.41. The van der Waals surface area contributed by atoms with Gasteiger partial charge in [0, 0.05) is 31.5 Å². The summed E-state index contributed by atoms with van der Waals surface area (Å²) >= 11 is 0. The van der Waals surface area contributed by atoms with Crippen molar-refractivity contribution in [2.24, 2.45) is 0 Å². The lowest BCUT2D eigenvalue weighted by Crippen LogP contribution is -2.49. The molecule has 1 aromatic carbocycles. The van der Waals surface area contributed by atoms with Gasteiger partial charge in [-0.15, -0.1) is 0 Å². The van der Waals surface area contributed by atoms with Crippen molar-refractivity contribution in [1.82, 2.24) is 4.90 Å². The third kappa shape index (κ3) is 2.38. The second kappa shape index (κ2) is 4.94. The Morgan fingerprint density at radius 2 is 2.05 bits per heavy atom. The lowest BCUT2D eigenvalue weighted by Gasteiger charge is -2.39. The van der Waals surface area contributed by atoms with Gasteiger partial charge in [0.05, 0.1) is 6.04 Å². The molecule has 0 bridgehead atoms. The minimum absolute atomic E-state index is 0.0394. The predicted molar refractivity (Wildman–Crippen MR) is 71.2 cm³/mol. The molecule has 4 nitrogen and oxygen atoms in total. The van der Waals surface area contributed by atoms with Crippen LogP contribution in [-0.4, -0.2) is 41.5 Å². The standard InChI is InChI=1S/C15H19NO3/c1-10-2-3-14-12(8-10)15(18)13(9-19-14)16-6-4-11(17)5-7-16/h2-3,8,13,15,18H,4-7,9H2,1H3. The molecular weight excluding hydrogens is 242 g/mol. The molecule has 0 aliphatic carbocycles. The van der Waals surface area contributed by atoms with Crippen LogP contribution in [0.15, 0.2) is 18.2 Å². The van der Waals surface area contributed by atoms with Gasteiger partial charge >= 0.3 is 0 Å². The average molecular weight is 261 g/mol. The summed E-state index contributed by atoms with van der Waals surface area (Å²) in [6, 6.07) is 5.86. The van der Waals surface area contributed by atoms with Crippen LogP contribution in [-0.2, 0) is 4.79 Å². The first kappa shape index (κ1) is 12.6. The first-order valence-electron chi connectivity index (χ1n) is 6.82. The molecule has 1 fully saturated rings. The molecule has 1 aromatic rings. The summed E-state index contributed by atoms with van der Waals surface area (Å²) in [7, 11) is 0. The van der Waals surface area contributed by atoms with E-state index in [2.05, 4.69) is 4.90 Å². The summed E-state index contributed by atoms with van der Waals surface area (Å²) in [4.78, 5) is 13.5. The Morgan fingerprint density at radius 3 is 2.79 bits per heavy atom. The Bertz CT molecular complexity index is 490. The fourth-order valence-electron chi connectivity index (χ4n) is 2.91. The van der Waals surface area contributed by atoms with Crippen LogP contribution in [0.25, 0.3) is 0 Å². The maximum absolute atomic E-state index is 11.3. The molecule has 0 aromatic heterocycles. The van der Waals surface area contributed by atoms with Crippen LogP contribution < -0.4 is 4.74 Å². The Morgan fingerprint density at radius 1 is 1.32 bits per heavy atom. The van der Waals surface area contributed by atoms with E-state index in [1.54, 1.807) is 0 Å². The molecule has 102 valence electrons. The quantitative estimate of drug-likeness (QED) is 0.831. The van der Waals surface area contributed by atoms with Gasteiger partial charge in [0.15, 0.2) is 0 Å². The fraction of sp³-hybridized carbons (Fsp3) is 0.533. The number of carbonyl (C=O) groups is 1. The Balaban J connectivity index is 1.81. The number of piperidine rings is 1. The highest BCUT2D eigenvalue weighted by molar-refractivity contribution is 5.79. The van der Waals surface area contributed by atoms with Crippen molar-refractivity contribution in [3.63, 3.8) is 0 Å². The number of carbonyl (C=O) groups excluding carboxylic acids is 1. The summed E-state index contributed by atoms with van der Waals surface area (Å²) in [6.45, 7) is 3.96. The van der Waals surface area contributed by atoms with Crippen LogP contribution in [0.4, 0.5) is 0 Å². The molecule has 2 aliphatic heterocycles. The molecule has 0 amide bonds. The van der Waals surface area contributed by atoms with Crippen molar-refractivity contribution in [2.75, 3.05) is 19.7 Å². The number of rotatable bonds is 1. The molecule has 1 N–H and O–H groups in total. The van der Waals surface area contributed by atoms with E-state index in [0.29, 0.717) is 25.2 Å². The van der Waals surface area contributed by atoms with E-state index in [9.17, 15) is 9.90 Å². The highest BCUT2D eigenvalue weighted by atomic mass is 16.5. The predicted octanol–water partition coefficient (Wildman–Crippen LogP) is 1.45. The Labute approximate surface area is 113 Å². The Kier molecular flexibility index (Phi) is 3.29. The van der Waals surface area contributed by atoms with Gasteiger partial charge in [0.25, 0.3) is 0 Å². The SMILES string of the molecule is Cc1ccc2c(c1)C(O)C(N1CCC(=O)CC1)CO2. The number of likely N-dealkylation sites (tertiary alicyclic amines) is 1. The van der Waals surface area contributed by atoms with Crippen LogP contribution >= 0.6 is 0 Å². The van der Waals surface area contributed by atoms with Gasteiger partial charge in [-0.3, -0.25) is 9.69 Å². The second-order valence-electron chi connectivity index (χ2n) is 5.44. The van der Waals surface area contributed by atoms with Crippen LogP contribution in [0.3, 0.4) is 0 Å². The van der Waals surface area contributed by atoms with Crippen molar-refractivity contribution >= 4 is 5.78 Å². The van der Waals surface area contributed by atoms with E-state index in [1.807, 2.05) is 25.1 Å². The third-order valence-electron chi connectivity index (χ3n) is 4.08. The van der Waals surface area contributed by atoms with E-state index in [-0.39, 0.29) is 6.04 Å². The zero-order chi connectivity index (χ0) is 13.4. The smallest absolute Gasteiger partial charge is 0.135 e. The van der Waals surface area contributed by atoms with E-state index >= 15 is 0 Å². The summed E-state index contributed by atoms with van der Waals surface area (Å²) in [5.74, 6) is 1.10. The first-order chi connectivity index (χ1) is 9.15. The lowest BCUT2D eigenvalue weighted by atomic mass is 9.95. The molecule has 3 rings (SSSR count). The molecule has 1 saturated heterocycles. The van der Waals surface area contributed by atoms with Gasteiger partial charge in [-0.2, -0.15) is 0 Å². The number of fused-ring (bicyclic) bond motifs is 1. The normalized spacial score (nSPS) is 27.8. The minimum atomic E-state index is -0.531. The highest BCUT2D eigenvalue weighted by Crippen LogP contribution is 2.35. The Hall–Kier alpha value is -1.39. The molecule has 0 saturated carbocycles. The molecule has 0 spiro atoms. The molecule has 4 heteroatoms. The number of hydrogen-bond acceptors (Lipinski definition) is 4. The lowest BCUT2D eigenvalue weighted by molar-refractivity contribution is -0.123. The summed E-state index contributed by atoms with van der Waals surface area (Å²) in [5, 5.41) is 10.6. The number of nitrogens with zero attached hydrogens (tertiary/aromatic N) is 1. The van der Waals surface area contributed by atoms with Crippen LogP contribution in [0.5, 0.6) is 5.75 Å². The van der Waals surface area contributed by atoms with Gasteiger partial charge in [-0.25, -0.2) is 0 Å². The number of ketones is 1. The summed E-state index contributed by atoms with van der Waals surface area (Å²) in [6.07, 6.45) is 0.644. The summed E-state index contributed by atoms with van der Waals surface area (Å²) < 4.78 is 5.75. The van der Waals surface area contributed by atoms with E-state index in [1.165, 1.54) is 0 Å². The fourth-order valence-corrected chi connectivity index (χ4v) is 2.91. The van der Waals surface area contributed by atoms with E-state index in [4.69, 9.17) is 4.74 Å². The van der Waals surface area contributed by atoms with E-state index < -0.39 is 6.10 Å². The monoisotopic (exact) mass is 261 g/mol. The van der Waals surface area contributed by atoms with E-state index in [0.717, 1.165) is 30.0 Å². The molecule has 2 heterocycles. The minimum Gasteiger partial charge on any atom is -0.491 e. The number of aryl methyl sites for hydroxylation is 1. The maximum atomic E-state index is 11.3. The molecule has 2 aliphatic rings. The van der Waals surface area contributed by atoms with Crippen LogP contribution in [0.1, 0.15) is 30.1 Å². The van der Waals surface area contributed by atoms with Crippen molar-refractivity contribution in [1.29, 1.82) is 0 Å². The third-order valence-corrected chi connectivity index (χ3v) is 4.08. The van der Waals surface area contributed by atoms with Crippen molar-refractivity contribution in [2.45, 2.75) is 31.9 Å². The molecule has 0 radical (unpaired) electrons. The number of ether oxygens (including phenoxy) is 1. The molecule has 2 atom stereocenters. The number of benzene rings is 1. The van der Waals surface area contributed by atoms with Crippen molar-refractivity contribution < 1.29 is 14.6 Å². The number of Topliss-reactive ketones (excluding diaryl/α,β-unsaturated/α-hetero) is 1. The zero-order valence-corrected chi connectivity index (χ0v) is 11.1. The summed E-state index contributed by atoms with van der Waals surface area (Å²) in [5.41, 5.74) is 1.99. The van der Waals surface area contributed by atoms with Crippen LogP contribution in [0, 0.1) is 6.92 Å². The van der Waals surface area contributed by atoms with Gasteiger partial charge < -0.3 is 9.84 Å².